The van der Waals surface area contributed by atoms with Gasteiger partial charge in [-0.1, -0.05) is 15.9 Å². The van der Waals surface area contributed by atoms with Gasteiger partial charge >= 0.3 is 0 Å². The average Bonchev–Trinajstić information content (AvgIpc) is 2.03. The summed E-state index contributed by atoms with van der Waals surface area (Å²) in [5.41, 5.74) is 0. The third kappa shape index (κ3) is 2.56. The van der Waals surface area contributed by atoms with Crippen LogP contribution in [0.15, 0.2) is 0 Å². The lowest BCUT2D eigenvalue weighted by Crippen LogP contribution is -2.28. The highest BCUT2D eigenvalue weighted by Gasteiger charge is 2.24. The molecule has 1 aliphatic rings. The van der Waals surface area contributed by atoms with Crippen LogP contribution in [0.3, 0.4) is 0 Å². The molecule has 0 unspecified atom stereocenters. The predicted molar refractivity (Wildman–Crippen MR) is 46.9 cm³/mol. The van der Waals surface area contributed by atoms with Crippen LogP contribution < -0.4 is 0 Å². The largest absolute Gasteiger partial charge is 0.378 e. The van der Waals surface area contributed by atoms with E-state index in [2.05, 4.69) is 15.9 Å². The second kappa shape index (κ2) is 4.21. The fraction of sp³-hybridized carbons (Fsp3) is 0.875. The van der Waals surface area contributed by atoms with Crippen molar-refractivity contribution >= 4 is 21.7 Å². The topological polar surface area (TPSA) is 26.3 Å². The summed E-state index contributed by atoms with van der Waals surface area (Å²) < 4.78 is 5.34. The van der Waals surface area contributed by atoms with Crippen LogP contribution in [0.5, 0.6) is 0 Å². The SMILES string of the molecule is C[C@H]1C[C@@H](C(=O)CBr)CCO1. The number of rotatable bonds is 2. The third-order valence-electron chi connectivity index (χ3n) is 2.07. The molecule has 0 aromatic heterocycles. The Morgan fingerprint density at radius 1 is 1.73 bits per heavy atom. The summed E-state index contributed by atoms with van der Waals surface area (Å²) in [5, 5.41) is 0.490. The van der Waals surface area contributed by atoms with Crippen LogP contribution in [-0.4, -0.2) is 23.8 Å². The van der Waals surface area contributed by atoms with Crippen LogP contribution in [-0.2, 0) is 9.53 Å². The van der Waals surface area contributed by atoms with Crippen molar-refractivity contribution in [2.45, 2.75) is 25.9 Å². The number of halogens is 1. The molecule has 0 radical (unpaired) electrons. The Morgan fingerprint density at radius 3 is 3.00 bits per heavy atom. The zero-order valence-electron chi connectivity index (χ0n) is 6.68. The minimum Gasteiger partial charge on any atom is -0.378 e. The highest BCUT2D eigenvalue weighted by molar-refractivity contribution is 9.09. The smallest absolute Gasteiger partial charge is 0.146 e. The molecule has 0 saturated carbocycles. The Bertz CT molecular complexity index is 147. The number of alkyl halides is 1. The molecule has 0 bridgehead atoms. The zero-order valence-corrected chi connectivity index (χ0v) is 8.26. The fourth-order valence-electron chi connectivity index (χ4n) is 1.40. The summed E-state index contributed by atoms with van der Waals surface area (Å²) in [6.45, 7) is 2.76. The maximum atomic E-state index is 11.2. The van der Waals surface area contributed by atoms with Gasteiger partial charge in [0.1, 0.15) is 5.78 Å². The molecule has 2 nitrogen and oxygen atoms in total. The number of carbonyl (C=O) groups is 1. The van der Waals surface area contributed by atoms with Gasteiger partial charge in [-0.3, -0.25) is 4.79 Å². The Balaban J connectivity index is 2.39. The molecule has 11 heavy (non-hydrogen) atoms. The molecule has 0 amide bonds. The van der Waals surface area contributed by atoms with Gasteiger partial charge in [-0.25, -0.2) is 0 Å². The molecule has 64 valence electrons. The summed E-state index contributed by atoms with van der Waals surface area (Å²) >= 11 is 3.18. The molecular formula is C8H13BrO2. The zero-order chi connectivity index (χ0) is 8.27. The van der Waals surface area contributed by atoms with Crippen molar-refractivity contribution in [3.05, 3.63) is 0 Å². The summed E-state index contributed by atoms with van der Waals surface area (Å²) in [4.78, 5) is 11.2. The van der Waals surface area contributed by atoms with Crippen LogP contribution in [0.2, 0.25) is 0 Å². The van der Waals surface area contributed by atoms with E-state index in [-0.39, 0.29) is 12.0 Å². The van der Waals surface area contributed by atoms with Crippen molar-refractivity contribution in [2.24, 2.45) is 5.92 Å². The van der Waals surface area contributed by atoms with Crippen molar-refractivity contribution < 1.29 is 9.53 Å². The number of hydrogen-bond donors (Lipinski definition) is 0. The molecule has 1 saturated heterocycles. The van der Waals surface area contributed by atoms with E-state index in [9.17, 15) is 4.79 Å². The summed E-state index contributed by atoms with van der Waals surface area (Å²) in [6, 6.07) is 0. The third-order valence-corrected chi connectivity index (χ3v) is 2.62. The summed E-state index contributed by atoms with van der Waals surface area (Å²) in [5.74, 6) is 0.554. The first-order valence-electron chi connectivity index (χ1n) is 3.94. The molecule has 3 heteroatoms. The van der Waals surface area contributed by atoms with Crippen molar-refractivity contribution in [1.82, 2.24) is 0 Å². The molecule has 0 N–H and O–H groups in total. The van der Waals surface area contributed by atoms with Gasteiger partial charge in [-0.05, 0) is 19.8 Å². The summed E-state index contributed by atoms with van der Waals surface area (Å²) in [6.07, 6.45) is 2.05. The van der Waals surface area contributed by atoms with E-state index in [0.29, 0.717) is 11.1 Å². The van der Waals surface area contributed by atoms with Crippen LogP contribution >= 0.6 is 15.9 Å². The first-order chi connectivity index (χ1) is 5.24. The standard InChI is InChI=1S/C8H13BrO2/c1-6-4-7(2-3-11-6)8(10)5-9/h6-7H,2-5H2,1H3/t6-,7-/m0/s1. The normalized spacial score (nSPS) is 31.8. The highest BCUT2D eigenvalue weighted by Crippen LogP contribution is 2.21. The van der Waals surface area contributed by atoms with E-state index in [1.807, 2.05) is 6.92 Å². The lowest BCUT2D eigenvalue weighted by atomic mass is 9.93. The Hall–Kier alpha value is 0.110. The maximum absolute atomic E-state index is 11.2. The van der Waals surface area contributed by atoms with Gasteiger partial charge < -0.3 is 4.74 Å². The van der Waals surface area contributed by atoms with Crippen molar-refractivity contribution in [3.63, 3.8) is 0 Å². The second-order valence-corrected chi connectivity index (χ2v) is 3.56. The molecule has 0 aromatic carbocycles. The van der Waals surface area contributed by atoms with E-state index in [1.165, 1.54) is 0 Å². The Morgan fingerprint density at radius 2 is 2.45 bits per heavy atom. The molecule has 1 heterocycles. The van der Waals surface area contributed by atoms with Gasteiger partial charge in [-0.2, -0.15) is 0 Å². The van der Waals surface area contributed by atoms with Crippen LogP contribution in [0.1, 0.15) is 19.8 Å². The van der Waals surface area contributed by atoms with Crippen molar-refractivity contribution in [1.29, 1.82) is 0 Å². The predicted octanol–water partition coefficient (Wildman–Crippen LogP) is 1.77. The quantitative estimate of drug-likeness (QED) is 0.664. The van der Waals surface area contributed by atoms with E-state index < -0.39 is 0 Å². The van der Waals surface area contributed by atoms with Crippen LogP contribution in [0.4, 0.5) is 0 Å². The number of Topliss-reactive ketones (excluding diaryl/α,β-unsaturated/α-hetero) is 1. The molecule has 0 aliphatic carbocycles. The minimum atomic E-state index is 0.234. The molecule has 0 spiro atoms. The van der Waals surface area contributed by atoms with Crippen LogP contribution in [0, 0.1) is 5.92 Å². The number of carbonyl (C=O) groups excluding carboxylic acids is 1. The monoisotopic (exact) mass is 220 g/mol. The van der Waals surface area contributed by atoms with E-state index in [1.54, 1.807) is 0 Å². The lowest BCUT2D eigenvalue weighted by molar-refractivity contribution is -0.124. The van der Waals surface area contributed by atoms with E-state index in [0.717, 1.165) is 19.4 Å². The van der Waals surface area contributed by atoms with Gasteiger partial charge in [0, 0.05) is 12.5 Å². The first kappa shape index (κ1) is 9.20. The molecular weight excluding hydrogens is 208 g/mol. The molecule has 1 aliphatic heterocycles. The fourth-order valence-corrected chi connectivity index (χ4v) is 1.86. The van der Waals surface area contributed by atoms with Crippen LogP contribution in [0.25, 0.3) is 0 Å². The molecule has 2 atom stereocenters. The molecule has 0 aromatic rings. The number of ether oxygens (including phenoxy) is 1. The lowest BCUT2D eigenvalue weighted by Gasteiger charge is -2.25. The van der Waals surface area contributed by atoms with Crippen molar-refractivity contribution in [3.8, 4) is 0 Å². The molecule has 1 rings (SSSR count). The van der Waals surface area contributed by atoms with Gasteiger partial charge in [0.15, 0.2) is 0 Å². The maximum Gasteiger partial charge on any atom is 0.146 e. The number of ketones is 1. The molecule has 1 fully saturated rings. The van der Waals surface area contributed by atoms with E-state index in [4.69, 9.17) is 4.74 Å². The second-order valence-electron chi connectivity index (χ2n) is 3.00. The minimum absolute atomic E-state index is 0.234. The number of hydrogen-bond acceptors (Lipinski definition) is 2. The van der Waals surface area contributed by atoms with E-state index >= 15 is 0 Å². The van der Waals surface area contributed by atoms with Gasteiger partial charge in [0.25, 0.3) is 0 Å². The van der Waals surface area contributed by atoms with Gasteiger partial charge in [0.05, 0.1) is 11.4 Å². The van der Waals surface area contributed by atoms with Crippen molar-refractivity contribution in [2.75, 3.05) is 11.9 Å². The van der Waals surface area contributed by atoms with Gasteiger partial charge in [0.2, 0.25) is 0 Å². The Labute approximate surface area is 75.4 Å². The highest BCUT2D eigenvalue weighted by atomic mass is 79.9. The summed E-state index contributed by atoms with van der Waals surface area (Å²) in [7, 11) is 0. The Kier molecular flexibility index (Phi) is 3.52. The average molecular weight is 221 g/mol. The first-order valence-corrected chi connectivity index (χ1v) is 5.06. The van der Waals surface area contributed by atoms with Gasteiger partial charge in [-0.15, -0.1) is 0 Å².